The predicted octanol–water partition coefficient (Wildman–Crippen LogP) is 3.21. The number of thioether (sulfide) groups is 1. The van der Waals surface area contributed by atoms with Crippen LogP contribution in [-0.2, 0) is 16.1 Å². The quantitative estimate of drug-likeness (QED) is 0.316. The van der Waals surface area contributed by atoms with Crippen molar-refractivity contribution in [3.63, 3.8) is 0 Å². The van der Waals surface area contributed by atoms with Crippen molar-refractivity contribution in [2.24, 2.45) is 0 Å². The van der Waals surface area contributed by atoms with Gasteiger partial charge in [-0.15, -0.1) is 0 Å². The molecule has 0 fully saturated rings. The lowest BCUT2D eigenvalue weighted by molar-refractivity contribution is -0.384. The number of methoxy groups -OCH3 is 2. The van der Waals surface area contributed by atoms with Crippen molar-refractivity contribution in [1.29, 1.82) is 0 Å². The number of nitro benzene ring substituents is 1. The molecule has 166 valence electrons. The average Bonchev–Trinajstić information content (AvgIpc) is 2.79. The second kappa shape index (κ2) is 11.8. The van der Waals surface area contributed by atoms with Crippen LogP contribution in [0.3, 0.4) is 0 Å². The van der Waals surface area contributed by atoms with Gasteiger partial charge in [-0.1, -0.05) is 0 Å². The number of hydrogen-bond acceptors (Lipinski definition) is 8. The number of nitrogens with zero attached hydrogens (tertiary/aromatic N) is 1. The Hall–Kier alpha value is -3.27. The lowest BCUT2D eigenvalue weighted by Gasteiger charge is -2.18. The molecule has 0 heterocycles. The Morgan fingerprint density at radius 2 is 1.77 bits per heavy atom. The number of nitrogens with one attached hydrogen (secondary N) is 1. The van der Waals surface area contributed by atoms with Gasteiger partial charge in [0.2, 0.25) is 0 Å². The van der Waals surface area contributed by atoms with Crippen LogP contribution in [-0.4, -0.2) is 49.1 Å². The first kappa shape index (κ1) is 24.0. The van der Waals surface area contributed by atoms with E-state index in [1.54, 1.807) is 23.9 Å². The molecule has 0 aliphatic heterocycles. The van der Waals surface area contributed by atoms with E-state index in [-0.39, 0.29) is 12.3 Å². The van der Waals surface area contributed by atoms with E-state index < -0.39 is 22.8 Å². The highest BCUT2D eigenvalue weighted by Gasteiger charge is 2.23. The van der Waals surface area contributed by atoms with Gasteiger partial charge in [0.15, 0.2) is 11.5 Å². The van der Waals surface area contributed by atoms with E-state index in [4.69, 9.17) is 14.2 Å². The summed E-state index contributed by atoms with van der Waals surface area (Å²) in [5.74, 6) is 0.501. The molecule has 0 aromatic heterocycles. The molecule has 0 aliphatic rings. The smallest absolute Gasteiger partial charge is 0.329 e. The van der Waals surface area contributed by atoms with E-state index in [9.17, 15) is 19.7 Å². The standard InChI is InChI=1S/C21H24N2O7S/c1-28-18-9-6-15(12-19(18)29-2)20(24)22-17(10-11-31-3)21(25)30-13-14-4-7-16(8-5-14)23(26)27/h4-9,12,17H,10-11,13H2,1-3H3,(H,22,24)/t17-/m1/s1. The molecule has 0 radical (unpaired) electrons. The largest absolute Gasteiger partial charge is 0.493 e. The highest BCUT2D eigenvalue weighted by atomic mass is 32.2. The minimum atomic E-state index is -0.842. The van der Waals surface area contributed by atoms with E-state index in [2.05, 4.69) is 5.32 Å². The minimum Gasteiger partial charge on any atom is -0.493 e. The van der Waals surface area contributed by atoms with Crippen molar-refractivity contribution in [3.05, 3.63) is 63.7 Å². The van der Waals surface area contributed by atoms with Crippen LogP contribution in [0, 0.1) is 10.1 Å². The lowest BCUT2D eigenvalue weighted by Crippen LogP contribution is -2.42. The van der Waals surface area contributed by atoms with Crippen molar-refractivity contribution < 1.29 is 28.7 Å². The summed E-state index contributed by atoms with van der Waals surface area (Å²) in [6, 6.07) is 9.59. The summed E-state index contributed by atoms with van der Waals surface area (Å²) in [7, 11) is 2.97. The highest BCUT2D eigenvalue weighted by Crippen LogP contribution is 2.27. The molecule has 0 unspecified atom stereocenters. The highest BCUT2D eigenvalue weighted by molar-refractivity contribution is 7.98. The monoisotopic (exact) mass is 448 g/mol. The molecule has 0 saturated heterocycles. The van der Waals surface area contributed by atoms with Crippen LogP contribution in [0.5, 0.6) is 11.5 Å². The number of amides is 1. The zero-order valence-electron chi connectivity index (χ0n) is 17.5. The van der Waals surface area contributed by atoms with Gasteiger partial charge < -0.3 is 19.5 Å². The summed E-state index contributed by atoms with van der Waals surface area (Å²) in [6.07, 6.45) is 2.29. The third-order valence-corrected chi connectivity index (χ3v) is 5.02. The van der Waals surface area contributed by atoms with Crippen molar-refractivity contribution in [2.75, 3.05) is 26.2 Å². The number of carbonyl (C=O) groups excluding carboxylic acids is 2. The Labute approximate surface area is 184 Å². The number of carbonyl (C=O) groups is 2. The normalized spacial score (nSPS) is 11.3. The number of hydrogen-bond donors (Lipinski definition) is 1. The molecule has 2 aromatic carbocycles. The summed E-state index contributed by atoms with van der Waals surface area (Å²) in [5.41, 5.74) is 0.874. The first-order chi connectivity index (χ1) is 14.9. The van der Waals surface area contributed by atoms with Crippen LogP contribution in [0.25, 0.3) is 0 Å². The van der Waals surface area contributed by atoms with Crippen LogP contribution in [0.2, 0.25) is 0 Å². The molecule has 2 rings (SSSR count). The van der Waals surface area contributed by atoms with E-state index in [0.29, 0.717) is 34.8 Å². The van der Waals surface area contributed by atoms with Gasteiger partial charge in [-0.2, -0.15) is 11.8 Å². The summed E-state index contributed by atoms with van der Waals surface area (Å²) >= 11 is 1.54. The molecule has 1 N–H and O–H groups in total. The summed E-state index contributed by atoms with van der Waals surface area (Å²) in [5, 5.41) is 13.4. The molecule has 0 aliphatic carbocycles. The number of non-ortho nitro benzene ring substituents is 1. The molecular formula is C21H24N2O7S. The molecule has 31 heavy (non-hydrogen) atoms. The van der Waals surface area contributed by atoms with Gasteiger partial charge in [0, 0.05) is 17.7 Å². The fraction of sp³-hybridized carbons (Fsp3) is 0.333. The van der Waals surface area contributed by atoms with Gasteiger partial charge in [0.1, 0.15) is 12.6 Å². The second-order valence-corrected chi connectivity index (χ2v) is 7.39. The van der Waals surface area contributed by atoms with Crippen LogP contribution >= 0.6 is 11.8 Å². The lowest BCUT2D eigenvalue weighted by atomic mass is 10.1. The average molecular weight is 448 g/mol. The maximum atomic E-state index is 12.7. The van der Waals surface area contributed by atoms with Gasteiger partial charge in [0.25, 0.3) is 11.6 Å². The third kappa shape index (κ3) is 6.88. The van der Waals surface area contributed by atoms with Crippen molar-refractivity contribution >= 4 is 29.3 Å². The topological polar surface area (TPSA) is 117 Å². The zero-order valence-corrected chi connectivity index (χ0v) is 18.3. The molecule has 2 aromatic rings. The maximum Gasteiger partial charge on any atom is 0.329 e. The fourth-order valence-electron chi connectivity index (χ4n) is 2.67. The van der Waals surface area contributed by atoms with Gasteiger partial charge >= 0.3 is 5.97 Å². The fourth-order valence-corrected chi connectivity index (χ4v) is 3.14. The molecule has 1 atom stereocenters. The van der Waals surface area contributed by atoms with Gasteiger partial charge in [-0.25, -0.2) is 4.79 Å². The molecule has 0 spiro atoms. The number of esters is 1. The first-order valence-electron chi connectivity index (χ1n) is 9.31. The molecule has 10 heteroatoms. The predicted molar refractivity (Wildman–Crippen MR) is 117 cm³/mol. The van der Waals surface area contributed by atoms with Gasteiger partial charge in [-0.3, -0.25) is 14.9 Å². The molecule has 1 amide bonds. The van der Waals surface area contributed by atoms with Crippen LogP contribution < -0.4 is 14.8 Å². The summed E-state index contributed by atoms with van der Waals surface area (Å²) in [4.78, 5) is 35.5. The first-order valence-corrected chi connectivity index (χ1v) is 10.7. The van der Waals surface area contributed by atoms with Crippen LogP contribution in [0.4, 0.5) is 5.69 Å². The summed E-state index contributed by atoms with van der Waals surface area (Å²) < 4.78 is 15.7. The van der Waals surface area contributed by atoms with Gasteiger partial charge in [0.05, 0.1) is 19.1 Å². The number of benzene rings is 2. The Morgan fingerprint density at radius 1 is 1.10 bits per heavy atom. The minimum absolute atomic E-state index is 0.0462. The number of nitro groups is 1. The van der Waals surface area contributed by atoms with E-state index in [1.165, 1.54) is 44.6 Å². The van der Waals surface area contributed by atoms with Crippen LogP contribution in [0.15, 0.2) is 42.5 Å². The zero-order chi connectivity index (χ0) is 22.8. The summed E-state index contributed by atoms with van der Waals surface area (Å²) in [6.45, 7) is -0.0567. The molecule has 0 bridgehead atoms. The van der Waals surface area contributed by atoms with E-state index in [1.807, 2.05) is 6.26 Å². The van der Waals surface area contributed by atoms with Crippen LogP contribution in [0.1, 0.15) is 22.3 Å². The van der Waals surface area contributed by atoms with Gasteiger partial charge in [-0.05, 0) is 54.3 Å². The maximum absolute atomic E-state index is 12.7. The van der Waals surface area contributed by atoms with Crippen molar-refractivity contribution in [3.8, 4) is 11.5 Å². The Balaban J connectivity index is 2.05. The van der Waals surface area contributed by atoms with Crippen molar-refractivity contribution in [2.45, 2.75) is 19.1 Å². The van der Waals surface area contributed by atoms with E-state index >= 15 is 0 Å². The Kier molecular flexibility index (Phi) is 9.13. The van der Waals surface area contributed by atoms with E-state index in [0.717, 1.165) is 0 Å². The SMILES string of the molecule is COc1ccc(C(=O)N[C@H](CCSC)C(=O)OCc2ccc([N+](=O)[O-])cc2)cc1OC. The molecule has 9 nitrogen and oxygen atoms in total. The molecular weight excluding hydrogens is 424 g/mol. The third-order valence-electron chi connectivity index (χ3n) is 4.37. The van der Waals surface area contributed by atoms with Crippen molar-refractivity contribution in [1.82, 2.24) is 5.32 Å². The Bertz CT molecular complexity index is 918. The second-order valence-electron chi connectivity index (χ2n) is 6.41. The Morgan fingerprint density at radius 3 is 2.35 bits per heavy atom. The number of ether oxygens (including phenoxy) is 3. The molecule has 0 saturated carbocycles. The number of rotatable bonds is 11.